The van der Waals surface area contributed by atoms with Crippen molar-refractivity contribution in [3.05, 3.63) is 17.0 Å². The van der Waals surface area contributed by atoms with E-state index in [1.807, 2.05) is 20.8 Å². The second kappa shape index (κ2) is 5.69. The third-order valence-corrected chi connectivity index (χ3v) is 2.47. The zero-order valence-corrected chi connectivity index (χ0v) is 11.2. The summed E-state index contributed by atoms with van der Waals surface area (Å²) in [4.78, 5) is 0. The lowest BCUT2D eigenvalue weighted by Gasteiger charge is -2.18. The van der Waals surface area contributed by atoms with Gasteiger partial charge in [0.2, 0.25) is 0 Å². The maximum Gasteiger partial charge on any atom is 0.141 e. The van der Waals surface area contributed by atoms with Crippen LogP contribution in [0.2, 0.25) is 0 Å². The molecule has 1 rings (SSSR count). The predicted molar refractivity (Wildman–Crippen MR) is 64.6 cm³/mol. The summed E-state index contributed by atoms with van der Waals surface area (Å²) in [5, 5.41) is 4.02. The molecule has 0 radical (unpaired) electrons. The summed E-state index contributed by atoms with van der Waals surface area (Å²) in [6.45, 7) is 8.60. The Morgan fingerprint density at radius 3 is 2.56 bits per heavy atom. The third kappa shape index (κ3) is 3.80. The molecule has 0 aliphatic heterocycles. The first-order valence-electron chi connectivity index (χ1n) is 5.64. The first-order chi connectivity index (χ1) is 7.48. The zero-order chi connectivity index (χ0) is 12.2. The van der Waals surface area contributed by atoms with Crippen LogP contribution < -0.4 is 0 Å². The second-order valence-electron chi connectivity index (χ2n) is 4.82. The number of alkyl halides is 1. The molecule has 0 bridgehead atoms. The molecule has 0 spiro atoms. The van der Waals surface area contributed by atoms with E-state index < -0.39 is 0 Å². The largest absolute Gasteiger partial charge is 0.369 e. The SMILES string of the molecule is CCCc1onc(COC(C)(C)C)c1CCl. The van der Waals surface area contributed by atoms with Crippen LogP contribution in [0.4, 0.5) is 0 Å². The molecule has 16 heavy (non-hydrogen) atoms. The van der Waals surface area contributed by atoms with Gasteiger partial charge in [-0.3, -0.25) is 0 Å². The molecule has 0 aliphatic carbocycles. The van der Waals surface area contributed by atoms with Gasteiger partial charge in [-0.05, 0) is 27.2 Å². The molecular formula is C12H20ClNO2. The quantitative estimate of drug-likeness (QED) is 0.743. The van der Waals surface area contributed by atoms with Crippen LogP contribution in [-0.4, -0.2) is 10.8 Å². The summed E-state index contributed by atoms with van der Waals surface area (Å²) in [7, 11) is 0. The summed E-state index contributed by atoms with van der Waals surface area (Å²) < 4.78 is 10.9. The van der Waals surface area contributed by atoms with Crippen molar-refractivity contribution in [2.75, 3.05) is 0 Å². The van der Waals surface area contributed by atoms with E-state index in [0.29, 0.717) is 12.5 Å². The van der Waals surface area contributed by atoms with E-state index in [4.69, 9.17) is 20.9 Å². The van der Waals surface area contributed by atoms with Crippen molar-refractivity contribution in [3.63, 3.8) is 0 Å². The second-order valence-corrected chi connectivity index (χ2v) is 5.08. The number of ether oxygens (including phenoxy) is 1. The minimum atomic E-state index is -0.173. The van der Waals surface area contributed by atoms with Crippen molar-refractivity contribution < 1.29 is 9.26 Å². The molecule has 1 aromatic heterocycles. The van der Waals surface area contributed by atoms with E-state index in [2.05, 4.69) is 12.1 Å². The number of halogens is 1. The molecule has 1 heterocycles. The van der Waals surface area contributed by atoms with Crippen LogP contribution >= 0.6 is 11.6 Å². The minimum Gasteiger partial charge on any atom is -0.369 e. The Morgan fingerprint density at radius 2 is 2.06 bits per heavy atom. The standard InChI is InChI=1S/C12H20ClNO2/c1-5-6-11-9(7-13)10(14-16-11)8-15-12(2,3)4/h5-8H2,1-4H3. The van der Waals surface area contributed by atoms with E-state index in [1.54, 1.807) is 0 Å². The first kappa shape index (κ1) is 13.5. The van der Waals surface area contributed by atoms with Crippen molar-refractivity contribution in [1.29, 1.82) is 0 Å². The van der Waals surface area contributed by atoms with Crippen LogP contribution in [0.25, 0.3) is 0 Å². The summed E-state index contributed by atoms with van der Waals surface area (Å²) in [6.07, 6.45) is 1.91. The third-order valence-electron chi connectivity index (χ3n) is 2.20. The van der Waals surface area contributed by atoms with Gasteiger partial charge in [0.05, 0.1) is 18.1 Å². The lowest BCUT2D eigenvalue weighted by atomic mass is 10.1. The number of rotatable bonds is 5. The van der Waals surface area contributed by atoms with E-state index in [0.717, 1.165) is 29.9 Å². The number of hydrogen-bond donors (Lipinski definition) is 0. The van der Waals surface area contributed by atoms with Gasteiger partial charge in [0.15, 0.2) is 0 Å². The van der Waals surface area contributed by atoms with Gasteiger partial charge in [-0.15, -0.1) is 11.6 Å². The van der Waals surface area contributed by atoms with Crippen molar-refractivity contribution in [2.24, 2.45) is 0 Å². The molecule has 0 saturated carbocycles. The average Bonchev–Trinajstić information content (AvgIpc) is 2.57. The normalized spacial score (nSPS) is 12.1. The molecule has 0 amide bonds. The van der Waals surface area contributed by atoms with Gasteiger partial charge in [0, 0.05) is 12.0 Å². The van der Waals surface area contributed by atoms with Gasteiger partial charge in [0.25, 0.3) is 0 Å². The molecule has 1 aromatic rings. The molecule has 4 heteroatoms. The monoisotopic (exact) mass is 245 g/mol. The Bertz CT molecular complexity index is 328. The highest BCUT2D eigenvalue weighted by molar-refractivity contribution is 6.17. The van der Waals surface area contributed by atoms with E-state index >= 15 is 0 Å². The van der Waals surface area contributed by atoms with Crippen LogP contribution in [-0.2, 0) is 23.6 Å². The fourth-order valence-electron chi connectivity index (χ4n) is 1.35. The molecule has 0 unspecified atom stereocenters. The Morgan fingerprint density at radius 1 is 1.38 bits per heavy atom. The van der Waals surface area contributed by atoms with Crippen molar-refractivity contribution >= 4 is 11.6 Å². The number of aromatic nitrogens is 1. The van der Waals surface area contributed by atoms with Gasteiger partial charge in [-0.2, -0.15) is 0 Å². The Kier molecular flexibility index (Phi) is 4.81. The summed E-state index contributed by atoms with van der Waals surface area (Å²) in [6, 6.07) is 0. The van der Waals surface area contributed by atoms with Crippen LogP contribution in [0.1, 0.15) is 51.1 Å². The number of nitrogens with zero attached hydrogens (tertiary/aromatic N) is 1. The highest BCUT2D eigenvalue weighted by Crippen LogP contribution is 2.21. The highest BCUT2D eigenvalue weighted by atomic mass is 35.5. The molecule has 0 fully saturated rings. The first-order valence-corrected chi connectivity index (χ1v) is 6.17. The highest BCUT2D eigenvalue weighted by Gasteiger charge is 2.17. The van der Waals surface area contributed by atoms with Crippen LogP contribution in [0.3, 0.4) is 0 Å². The molecule has 0 N–H and O–H groups in total. The Balaban J connectivity index is 2.72. The number of aryl methyl sites for hydroxylation is 1. The lowest BCUT2D eigenvalue weighted by molar-refractivity contribution is -0.0176. The van der Waals surface area contributed by atoms with Gasteiger partial charge in [-0.25, -0.2) is 0 Å². The smallest absolute Gasteiger partial charge is 0.141 e. The molecular weight excluding hydrogens is 226 g/mol. The fraction of sp³-hybridized carbons (Fsp3) is 0.750. The number of hydrogen-bond acceptors (Lipinski definition) is 3. The van der Waals surface area contributed by atoms with Crippen LogP contribution in [0.5, 0.6) is 0 Å². The summed E-state index contributed by atoms with van der Waals surface area (Å²) in [5.41, 5.74) is 1.65. The van der Waals surface area contributed by atoms with Crippen molar-refractivity contribution in [1.82, 2.24) is 5.16 Å². The van der Waals surface area contributed by atoms with E-state index in [-0.39, 0.29) is 5.60 Å². The van der Waals surface area contributed by atoms with E-state index in [1.165, 1.54) is 0 Å². The summed E-state index contributed by atoms with van der Waals surface area (Å²) >= 11 is 5.91. The average molecular weight is 246 g/mol. The van der Waals surface area contributed by atoms with Crippen LogP contribution in [0, 0.1) is 0 Å². The lowest BCUT2D eigenvalue weighted by Crippen LogP contribution is -2.19. The Hall–Kier alpha value is -0.540. The molecule has 0 saturated heterocycles. The van der Waals surface area contributed by atoms with Gasteiger partial charge in [-0.1, -0.05) is 12.1 Å². The van der Waals surface area contributed by atoms with Gasteiger partial charge >= 0.3 is 0 Å². The van der Waals surface area contributed by atoms with Crippen LogP contribution in [0.15, 0.2) is 4.52 Å². The molecule has 92 valence electrons. The molecule has 0 atom stereocenters. The maximum atomic E-state index is 5.91. The minimum absolute atomic E-state index is 0.173. The van der Waals surface area contributed by atoms with E-state index in [9.17, 15) is 0 Å². The topological polar surface area (TPSA) is 35.3 Å². The van der Waals surface area contributed by atoms with Gasteiger partial charge in [0.1, 0.15) is 11.5 Å². The summed E-state index contributed by atoms with van der Waals surface area (Å²) in [5.74, 6) is 1.33. The molecule has 0 aromatic carbocycles. The molecule has 0 aliphatic rings. The van der Waals surface area contributed by atoms with Gasteiger partial charge < -0.3 is 9.26 Å². The zero-order valence-electron chi connectivity index (χ0n) is 10.5. The molecule has 3 nitrogen and oxygen atoms in total. The fourth-order valence-corrected chi connectivity index (χ4v) is 1.66. The predicted octanol–water partition coefficient (Wildman–Crippen LogP) is 3.68. The Labute approximate surface area is 102 Å². The van der Waals surface area contributed by atoms with Crippen molar-refractivity contribution in [3.8, 4) is 0 Å². The maximum absolute atomic E-state index is 5.91. The van der Waals surface area contributed by atoms with Crippen molar-refractivity contribution in [2.45, 2.75) is 58.6 Å².